The summed E-state index contributed by atoms with van der Waals surface area (Å²) in [7, 11) is 0. The van der Waals surface area contributed by atoms with Crippen LogP contribution < -0.4 is 5.32 Å². The standard InChI is InChI=1S/C17H35N/c1-14(2)9-7-5-6-8-12-18-17-13-15(3)10-11-16(17)4/h14-18H,5-13H2,1-4H3. The lowest BCUT2D eigenvalue weighted by Gasteiger charge is -2.33. The molecule has 0 spiro atoms. The van der Waals surface area contributed by atoms with Gasteiger partial charge in [-0.3, -0.25) is 0 Å². The summed E-state index contributed by atoms with van der Waals surface area (Å²) in [5, 5.41) is 3.80. The van der Waals surface area contributed by atoms with E-state index in [2.05, 4.69) is 33.0 Å². The van der Waals surface area contributed by atoms with E-state index >= 15 is 0 Å². The second-order valence-corrected chi connectivity index (χ2v) is 7.05. The van der Waals surface area contributed by atoms with Gasteiger partial charge in [0.2, 0.25) is 0 Å². The van der Waals surface area contributed by atoms with Crippen LogP contribution in [0.15, 0.2) is 0 Å². The molecule has 1 heteroatoms. The molecule has 1 rings (SSSR count). The van der Waals surface area contributed by atoms with Gasteiger partial charge in [-0.05, 0) is 43.6 Å². The van der Waals surface area contributed by atoms with E-state index in [1.807, 2.05) is 0 Å². The first kappa shape index (κ1) is 16.0. The minimum Gasteiger partial charge on any atom is -0.314 e. The van der Waals surface area contributed by atoms with Crippen LogP contribution in [-0.4, -0.2) is 12.6 Å². The van der Waals surface area contributed by atoms with Crippen LogP contribution in [0.5, 0.6) is 0 Å². The smallest absolute Gasteiger partial charge is 0.00952 e. The molecule has 1 nitrogen and oxygen atoms in total. The molecule has 1 N–H and O–H groups in total. The summed E-state index contributed by atoms with van der Waals surface area (Å²) in [6.07, 6.45) is 11.3. The van der Waals surface area contributed by atoms with Crippen LogP contribution in [0.3, 0.4) is 0 Å². The van der Waals surface area contributed by atoms with Gasteiger partial charge in [-0.15, -0.1) is 0 Å². The van der Waals surface area contributed by atoms with Crippen LogP contribution in [0.2, 0.25) is 0 Å². The Hall–Kier alpha value is -0.0400. The molecule has 18 heavy (non-hydrogen) atoms. The molecule has 3 unspecified atom stereocenters. The normalized spacial score (nSPS) is 28.8. The Labute approximate surface area is 115 Å². The summed E-state index contributed by atoms with van der Waals surface area (Å²) in [4.78, 5) is 0. The van der Waals surface area contributed by atoms with Crippen molar-refractivity contribution >= 4 is 0 Å². The Balaban J connectivity index is 1.96. The summed E-state index contributed by atoms with van der Waals surface area (Å²) in [5.41, 5.74) is 0. The van der Waals surface area contributed by atoms with Crippen LogP contribution >= 0.6 is 0 Å². The number of hydrogen-bond acceptors (Lipinski definition) is 1. The molecule has 0 aromatic rings. The van der Waals surface area contributed by atoms with Gasteiger partial charge in [0.1, 0.15) is 0 Å². The predicted molar refractivity (Wildman–Crippen MR) is 81.9 cm³/mol. The second-order valence-electron chi connectivity index (χ2n) is 7.05. The molecule has 0 radical (unpaired) electrons. The molecule has 1 saturated carbocycles. The number of nitrogens with one attached hydrogen (secondary N) is 1. The third kappa shape index (κ3) is 6.78. The van der Waals surface area contributed by atoms with Crippen LogP contribution in [0.25, 0.3) is 0 Å². The molecule has 3 atom stereocenters. The van der Waals surface area contributed by atoms with Crippen molar-refractivity contribution in [2.75, 3.05) is 6.54 Å². The molecule has 0 heterocycles. The van der Waals surface area contributed by atoms with Crippen molar-refractivity contribution in [3.63, 3.8) is 0 Å². The fourth-order valence-corrected chi connectivity index (χ4v) is 3.14. The fourth-order valence-electron chi connectivity index (χ4n) is 3.14. The van der Waals surface area contributed by atoms with Gasteiger partial charge in [0.15, 0.2) is 0 Å². The molecule has 108 valence electrons. The van der Waals surface area contributed by atoms with Crippen LogP contribution in [0.4, 0.5) is 0 Å². The van der Waals surface area contributed by atoms with E-state index in [1.165, 1.54) is 57.9 Å². The second kappa shape index (κ2) is 8.96. The minimum atomic E-state index is 0.796. The molecular weight excluding hydrogens is 218 g/mol. The van der Waals surface area contributed by atoms with Crippen LogP contribution in [0.1, 0.15) is 79.1 Å². The first-order chi connectivity index (χ1) is 8.59. The molecule has 0 aliphatic heterocycles. The van der Waals surface area contributed by atoms with Crippen LogP contribution in [0, 0.1) is 17.8 Å². The Kier molecular flexibility index (Phi) is 7.97. The molecule has 0 amide bonds. The first-order valence-electron chi connectivity index (χ1n) is 8.33. The van der Waals surface area contributed by atoms with Gasteiger partial charge in [0.05, 0.1) is 0 Å². The highest BCUT2D eigenvalue weighted by atomic mass is 14.9. The lowest BCUT2D eigenvalue weighted by Crippen LogP contribution is -2.39. The van der Waals surface area contributed by atoms with Crippen molar-refractivity contribution in [3.05, 3.63) is 0 Å². The van der Waals surface area contributed by atoms with Gasteiger partial charge in [-0.25, -0.2) is 0 Å². The first-order valence-corrected chi connectivity index (χ1v) is 8.33. The molecule has 1 fully saturated rings. The van der Waals surface area contributed by atoms with Crippen molar-refractivity contribution in [1.29, 1.82) is 0 Å². The molecular formula is C17H35N. The molecule has 0 aromatic heterocycles. The largest absolute Gasteiger partial charge is 0.314 e. The third-order valence-corrected chi connectivity index (χ3v) is 4.57. The Bertz CT molecular complexity index is 200. The topological polar surface area (TPSA) is 12.0 Å². The monoisotopic (exact) mass is 253 g/mol. The lowest BCUT2D eigenvalue weighted by molar-refractivity contribution is 0.228. The van der Waals surface area contributed by atoms with Gasteiger partial charge in [0.25, 0.3) is 0 Å². The SMILES string of the molecule is CC(C)CCCCCCNC1CC(C)CCC1C. The van der Waals surface area contributed by atoms with Crippen molar-refractivity contribution in [2.24, 2.45) is 17.8 Å². The molecule has 1 aliphatic carbocycles. The molecule has 0 bridgehead atoms. The zero-order valence-corrected chi connectivity index (χ0v) is 13.2. The minimum absolute atomic E-state index is 0.796. The number of hydrogen-bond donors (Lipinski definition) is 1. The van der Waals surface area contributed by atoms with Crippen molar-refractivity contribution in [3.8, 4) is 0 Å². The Morgan fingerprint density at radius 2 is 1.72 bits per heavy atom. The predicted octanol–water partition coefficient (Wildman–Crippen LogP) is 5.01. The summed E-state index contributed by atoms with van der Waals surface area (Å²) < 4.78 is 0. The van der Waals surface area contributed by atoms with Gasteiger partial charge in [-0.2, -0.15) is 0 Å². The van der Waals surface area contributed by atoms with E-state index in [0.717, 1.165) is 23.8 Å². The third-order valence-electron chi connectivity index (χ3n) is 4.57. The highest BCUT2D eigenvalue weighted by Gasteiger charge is 2.24. The average molecular weight is 253 g/mol. The lowest BCUT2D eigenvalue weighted by atomic mass is 9.80. The van der Waals surface area contributed by atoms with Gasteiger partial charge >= 0.3 is 0 Å². The summed E-state index contributed by atoms with van der Waals surface area (Å²) >= 11 is 0. The average Bonchev–Trinajstić information content (AvgIpc) is 2.32. The maximum Gasteiger partial charge on any atom is 0.00952 e. The van der Waals surface area contributed by atoms with E-state index in [0.29, 0.717) is 0 Å². The van der Waals surface area contributed by atoms with Crippen LogP contribution in [-0.2, 0) is 0 Å². The van der Waals surface area contributed by atoms with E-state index in [-0.39, 0.29) is 0 Å². The summed E-state index contributed by atoms with van der Waals surface area (Å²) in [6, 6.07) is 0.796. The summed E-state index contributed by atoms with van der Waals surface area (Å²) in [6.45, 7) is 10.7. The van der Waals surface area contributed by atoms with Crippen molar-refractivity contribution in [1.82, 2.24) is 5.32 Å². The van der Waals surface area contributed by atoms with E-state index in [4.69, 9.17) is 0 Å². The number of unbranched alkanes of at least 4 members (excludes halogenated alkanes) is 3. The molecule has 0 saturated heterocycles. The molecule has 1 aliphatic rings. The van der Waals surface area contributed by atoms with Gasteiger partial charge < -0.3 is 5.32 Å². The van der Waals surface area contributed by atoms with Gasteiger partial charge in [-0.1, -0.05) is 59.8 Å². The fraction of sp³-hybridized carbons (Fsp3) is 1.00. The maximum atomic E-state index is 3.80. The highest BCUT2D eigenvalue weighted by Crippen LogP contribution is 2.28. The quantitative estimate of drug-likeness (QED) is 0.600. The van der Waals surface area contributed by atoms with Crippen molar-refractivity contribution in [2.45, 2.75) is 85.1 Å². The molecule has 0 aromatic carbocycles. The maximum absolute atomic E-state index is 3.80. The van der Waals surface area contributed by atoms with E-state index in [9.17, 15) is 0 Å². The van der Waals surface area contributed by atoms with Crippen molar-refractivity contribution < 1.29 is 0 Å². The van der Waals surface area contributed by atoms with Gasteiger partial charge in [0, 0.05) is 6.04 Å². The number of rotatable bonds is 8. The Morgan fingerprint density at radius 3 is 2.44 bits per heavy atom. The van der Waals surface area contributed by atoms with E-state index < -0.39 is 0 Å². The highest BCUT2D eigenvalue weighted by molar-refractivity contribution is 4.81. The van der Waals surface area contributed by atoms with E-state index in [1.54, 1.807) is 0 Å². The Morgan fingerprint density at radius 1 is 1.00 bits per heavy atom. The summed E-state index contributed by atoms with van der Waals surface area (Å²) in [5.74, 6) is 2.71. The zero-order chi connectivity index (χ0) is 13.4. The zero-order valence-electron chi connectivity index (χ0n) is 13.2.